The number of hydrogen-bond donors (Lipinski definition) is 0. The van der Waals surface area contributed by atoms with Gasteiger partial charge in [0, 0.05) is 0 Å². The Balaban J connectivity index is 0.00000230. The first kappa shape index (κ1) is 35.5. The van der Waals surface area contributed by atoms with E-state index in [1.807, 2.05) is 0 Å². The van der Waals surface area contributed by atoms with Crippen LogP contribution in [-0.4, -0.2) is 4.21 Å². The first-order valence-electron chi connectivity index (χ1n) is 16.0. The Labute approximate surface area is 285 Å². The first-order valence-corrected chi connectivity index (χ1v) is 23.9. The van der Waals surface area contributed by atoms with Gasteiger partial charge < -0.3 is 0 Å². The molecule has 236 valence electrons. The van der Waals surface area contributed by atoms with Crippen molar-refractivity contribution in [2.45, 2.75) is 77.3 Å². The van der Waals surface area contributed by atoms with E-state index < -0.39 is 18.3 Å². The van der Waals surface area contributed by atoms with Crippen LogP contribution in [0.1, 0.15) is 83.2 Å². The summed E-state index contributed by atoms with van der Waals surface area (Å²) in [7, 11) is 0. The predicted molar refractivity (Wildman–Crippen MR) is 202 cm³/mol. The van der Waals surface area contributed by atoms with Gasteiger partial charge in [0.1, 0.15) is 0 Å². The Kier molecular flexibility index (Phi) is 9.52. The van der Waals surface area contributed by atoms with Gasteiger partial charge in [-0.3, -0.25) is 0 Å². The second-order valence-corrected chi connectivity index (χ2v) is 29.7. The Morgan fingerprint density at radius 1 is 0.711 bits per heavy atom. The zero-order chi connectivity index (χ0) is 31.0. The molecular formula is C42H50Cl2Zr. The summed E-state index contributed by atoms with van der Waals surface area (Å²) in [5, 5.41) is 0. The second-order valence-electron chi connectivity index (χ2n) is 15.7. The van der Waals surface area contributed by atoms with Crippen LogP contribution < -0.4 is 6.54 Å². The molecule has 0 fully saturated rings. The summed E-state index contributed by atoms with van der Waals surface area (Å²) in [5.74, 6) is 0.328. The molecule has 2 aliphatic carbocycles. The van der Waals surface area contributed by atoms with E-state index in [1.54, 1.807) is 6.55 Å². The minimum absolute atomic E-state index is 0. The van der Waals surface area contributed by atoms with Crippen molar-refractivity contribution in [1.82, 2.24) is 0 Å². The van der Waals surface area contributed by atoms with E-state index in [1.165, 1.54) is 53.4 Å². The van der Waals surface area contributed by atoms with Gasteiger partial charge in [0.05, 0.1) is 0 Å². The van der Waals surface area contributed by atoms with Crippen molar-refractivity contribution >= 4 is 41.1 Å². The standard InChI is InChI=1S/C21H25.C13H13.C6H5.CH3.CH2.2ClH.Zr/c1-20(2,3)16-9-7-14-11-15-8-10-17(21(4,5)6)13-19(15)18(14)12-16;1-10-8-11(2)13(9-10)12-6-4-3-5-7-12;1-2-4-6-5-3-1;;;;;/h7,9-10,12-13H,11H2,1-6H3;3-7,9-10H,1-2H3;1-5H;1H3;1H2;2*1H;. The summed E-state index contributed by atoms with van der Waals surface area (Å²) in [5.41, 5.74) is 12.9. The van der Waals surface area contributed by atoms with Gasteiger partial charge in [0.15, 0.2) is 0 Å². The van der Waals surface area contributed by atoms with Crippen LogP contribution in [-0.2, 0) is 35.5 Å². The van der Waals surface area contributed by atoms with Crippen molar-refractivity contribution in [2.75, 3.05) is 0 Å². The van der Waals surface area contributed by atoms with Crippen LogP contribution in [0.2, 0.25) is 4.63 Å². The number of allylic oxidation sites excluding steroid dienone is 4. The molecule has 0 amide bonds. The SMILES string of the molecule is Cl.Cl.[CH2]=[Zr]([CH3])([C]1=C(C)C(c2ccccc2)=CC1C)([c]1ccccc1)[c]1cc(C(C)(C)C)cc2c1Cc1ccc(C(C)(C)C)cc1-2. The van der Waals surface area contributed by atoms with E-state index in [0.717, 1.165) is 6.42 Å². The molecule has 0 saturated heterocycles. The molecule has 4 aromatic rings. The fourth-order valence-corrected chi connectivity index (χ4v) is 23.0. The number of halogens is 2. The van der Waals surface area contributed by atoms with E-state index in [-0.39, 0.29) is 35.6 Å². The molecular weight excluding hydrogens is 667 g/mol. The summed E-state index contributed by atoms with van der Waals surface area (Å²) in [6, 6.07) is 34.7. The van der Waals surface area contributed by atoms with Crippen LogP contribution in [0.3, 0.4) is 0 Å². The molecule has 0 nitrogen and oxygen atoms in total. The minimum atomic E-state index is -4.46. The Morgan fingerprint density at radius 3 is 1.84 bits per heavy atom. The number of rotatable bonds is 4. The number of hydrogen-bond acceptors (Lipinski definition) is 0. The normalized spacial score (nSPS) is 16.4. The van der Waals surface area contributed by atoms with E-state index in [9.17, 15) is 0 Å². The Hall–Kier alpha value is -2.31. The molecule has 0 spiro atoms. The third-order valence-electron chi connectivity index (χ3n) is 10.5. The Morgan fingerprint density at radius 2 is 1.27 bits per heavy atom. The van der Waals surface area contributed by atoms with Crippen LogP contribution in [0.4, 0.5) is 0 Å². The second kappa shape index (κ2) is 12.1. The summed E-state index contributed by atoms with van der Waals surface area (Å²) < 4.78 is 12.8. The molecule has 0 N–H and O–H groups in total. The van der Waals surface area contributed by atoms with Crippen molar-refractivity contribution in [2.24, 2.45) is 5.92 Å². The van der Waals surface area contributed by atoms with Crippen molar-refractivity contribution in [1.29, 1.82) is 0 Å². The maximum atomic E-state index is 5.59. The fraction of sp³-hybridized carbons (Fsp3) is 0.310. The zero-order valence-corrected chi connectivity index (χ0v) is 32.6. The molecule has 0 aliphatic heterocycles. The molecule has 1 atom stereocenters. The predicted octanol–water partition coefficient (Wildman–Crippen LogP) is 10.8. The summed E-state index contributed by atoms with van der Waals surface area (Å²) >= 11 is -4.46. The van der Waals surface area contributed by atoms with Gasteiger partial charge in [0.2, 0.25) is 0 Å². The van der Waals surface area contributed by atoms with Gasteiger partial charge in [-0.1, -0.05) is 0 Å². The molecule has 0 bridgehead atoms. The van der Waals surface area contributed by atoms with Crippen LogP contribution in [0, 0.1) is 5.92 Å². The van der Waals surface area contributed by atoms with Crippen molar-refractivity contribution in [3.63, 3.8) is 0 Å². The molecule has 6 rings (SSSR count). The topological polar surface area (TPSA) is 0 Å². The van der Waals surface area contributed by atoms with Gasteiger partial charge in [0.25, 0.3) is 0 Å². The molecule has 1 unspecified atom stereocenters. The van der Waals surface area contributed by atoms with Crippen molar-refractivity contribution < 1.29 is 18.3 Å². The number of fused-ring (bicyclic) bond motifs is 3. The van der Waals surface area contributed by atoms with Crippen LogP contribution >= 0.6 is 24.8 Å². The monoisotopic (exact) mass is 714 g/mol. The van der Waals surface area contributed by atoms with Gasteiger partial charge >= 0.3 is 263 Å². The van der Waals surface area contributed by atoms with Gasteiger partial charge in [-0.05, 0) is 0 Å². The third-order valence-corrected chi connectivity index (χ3v) is 25.5. The first-order chi connectivity index (χ1) is 20.1. The summed E-state index contributed by atoms with van der Waals surface area (Å²) in [6.07, 6.45) is 3.50. The third kappa shape index (κ3) is 5.77. The molecule has 4 aromatic carbocycles. The van der Waals surface area contributed by atoms with Gasteiger partial charge in [-0.15, -0.1) is 24.8 Å². The molecule has 0 aromatic heterocycles. The van der Waals surface area contributed by atoms with E-state index in [2.05, 4.69) is 157 Å². The maximum absolute atomic E-state index is 5.59. The average molecular weight is 717 g/mol. The summed E-state index contributed by atoms with van der Waals surface area (Å²) in [6.45, 7) is 18.9. The van der Waals surface area contributed by atoms with Crippen LogP contribution in [0.15, 0.2) is 106 Å². The molecule has 3 heteroatoms. The number of benzene rings is 4. The molecule has 2 aliphatic rings. The van der Waals surface area contributed by atoms with Crippen molar-refractivity contribution in [3.05, 3.63) is 134 Å². The van der Waals surface area contributed by atoms with Gasteiger partial charge in [-0.2, -0.15) is 0 Å². The van der Waals surface area contributed by atoms with Crippen LogP contribution in [0.25, 0.3) is 16.7 Å². The van der Waals surface area contributed by atoms with Crippen LogP contribution in [0.5, 0.6) is 0 Å². The quantitative estimate of drug-likeness (QED) is 0.174. The van der Waals surface area contributed by atoms with E-state index in [0.29, 0.717) is 5.92 Å². The summed E-state index contributed by atoms with van der Waals surface area (Å²) in [4.78, 5) is 0. The fourth-order valence-electron chi connectivity index (χ4n) is 8.12. The molecule has 0 saturated carbocycles. The molecule has 0 heterocycles. The van der Waals surface area contributed by atoms with Gasteiger partial charge in [-0.25, -0.2) is 0 Å². The van der Waals surface area contributed by atoms with E-state index >= 15 is 0 Å². The zero-order valence-electron chi connectivity index (χ0n) is 28.5. The molecule has 45 heavy (non-hydrogen) atoms. The van der Waals surface area contributed by atoms with Crippen molar-refractivity contribution in [3.8, 4) is 11.1 Å². The molecule has 0 radical (unpaired) electrons. The average Bonchev–Trinajstić information content (AvgIpc) is 3.48. The van der Waals surface area contributed by atoms with E-state index in [4.69, 9.17) is 4.21 Å². The Bertz CT molecular complexity index is 1880.